The largest absolute Gasteiger partial charge is 0.433 e. The molecule has 6 nitrogen and oxygen atoms in total. The zero-order chi connectivity index (χ0) is 21.9. The number of urea groups is 1. The molecule has 162 valence electrons. The van der Waals surface area contributed by atoms with Gasteiger partial charge in [0.25, 0.3) is 0 Å². The molecule has 12 heteroatoms. The van der Waals surface area contributed by atoms with E-state index in [0.717, 1.165) is 24.5 Å². The van der Waals surface area contributed by atoms with Crippen LogP contribution in [0.15, 0.2) is 36.7 Å². The highest BCUT2D eigenvalue weighted by Crippen LogP contribution is 2.34. The number of carbonyl (C=O) groups is 1. The first kappa shape index (κ1) is 21.7. The summed E-state index contributed by atoms with van der Waals surface area (Å²) in [7, 11) is 0. The number of alkyl halides is 6. The van der Waals surface area contributed by atoms with E-state index in [-0.39, 0.29) is 17.5 Å². The van der Waals surface area contributed by atoms with Crippen molar-refractivity contribution in [2.45, 2.75) is 31.2 Å². The van der Waals surface area contributed by atoms with Gasteiger partial charge in [-0.25, -0.2) is 14.8 Å². The molecular formula is C18H17F6N5O. The van der Waals surface area contributed by atoms with Crippen molar-refractivity contribution >= 4 is 17.5 Å². The van der Waals surface area contributed by atoms with Crippen molar-refractivity contribution in [1.29, 1.82) is 0 Å². The van der Waals surface area contributed by atoms with Crippen LogP contribution < -0.4 is 15.5 Å². The maximum Gasteiger partial charge on any atom is 0.433 e. The number of amides is 2. The molecule has 2 aromatic rings. The summed E-state index contributed by atoms with van der Waals surface area (Å²) in [5, 5.41) is 4.80. The van der Waals surface area contributed by atoms with E-state index in [9.17, 15) is 31.1 Å². The summed E-state index contributed by atoms with van der Waals surface area (Å²) in [6.45, 7) is 0.636. The minimum atomic E-state index is -4.61. The lowest BCUT2D eigenvalue weighted by atomic mass is 10.1. The van der Waals surface area contributed by atoms with Crippen LogP contribution >= 0.6 is 0 Å². The maximum absolute atomic E-state index is 13.0. The molecule has 0 bridgehead atoms. The zero-order valence-corrected chi connectivity index (χ0v) is 15.4. The Balaban J connectivity index is 1.56. The summed E-state index contributed by atoms with van der Waals surface area (Å²) in [6, 6.07) is 4.34. The molecule has 1 fully saturated rings. The van der Waals surface area contributed by atoms with E-state index in [4.69, 9.17) is 0 Å². The number of anilines is 2. The number of hydrogen-bond donors (Lipinski definition) is 2. The van der Waals surface area contributed by atoms with Gasteiger partial charge in [-0.15, -0.1) is 0 Å². The lowest BCUT2D eigenvalue weighted by molar-refractivity contribution is -0.141. The van der Waals surface area contributed by atoms with Gasteiger partial charge in [0.05, 0.1) is 11.3 Å². The van der Waals surface area contributed by atoms with Gasteiger partial charge in [-0.3, -0.25) is 0 Å². The lowest BCUT2D eigenvalue weighted by Gasteiger charge is -2.33. The predicted molar refractivity (Wildman–Crippen MR) is 95.9 cm³/mol. The number of aromatic nitrogens is 2. The second-order valence-corrected chi connectivity index (χ2v) is 6.66. The summed E-state index contributed by atoms with van der Waals surface area (Å²) in [5.74, 6) is 0.124. The van der Waals surface area contributed by atoms with E-state index >= 15 is 0 Å². The number of nitrogens with one attached hydrogen (secondary N) is 2. The fraction of sp³-hybridized carbons (Fsp3) is 0.389. The van der Waals surface area contributed by atoms with E-state index in [1.165, 1.54) is 12.1 Å². The van der Waals surface area contributed by atoms with Crippen molar-refractivity contribution in [2.75, 3.05) is 23.3 Å². The molecule has 2 N–H and O–H groups in total. The topological polar surface area (TPSA) is 70.2 Å². The van der Waals surface area contributed by atoms with E-state index in [1.54, 1.807) is 4.90 Å². The first-order valence-electron chi connectivity index (χ1n) is 8.92. The van der Waals surface area contributed by atoms with Gasteiger partial charge in [-0.1, -0.05) is 12.1 Å². The Labute approximate surface area is 167 Å². The smallest absolute Gasteiger partial charge is 0.356 e. The van der Waals surface area contributed by atoms with Crippen molar-refractivity contribution < 1.29 is 31.1 Å². The first-order valence-corrected chi connectivity index (χ1v) is 8.92. The average Bonchev–Trinajstić information content (AvgIpc) is 2.67. The van der Waals surface area contributed by atoms with Crippen LogP contribution in [-0.4, -0.2) is 35.1 Å². The molecule has 2 heterocycles. The van der Waals surface area contributed by atoms with Gasteiger partial charge in [0.1, 0.15) is 17.8 Å². The molecule has 1 aromatic carbocycles. The second-order valence-electron chi connectivity index (χ2n) is 6.66. The number of piperidine rings is 1. The van der Waals surface area contributed by atoms with Crippen molar-refractivity contribution in [3.05, 3.63) is 47.9 Å². The predicted octanol–water partition coefficient (Wildman–Crippen LogP) is 4.30. The van der Waals surface area contributed by atoms with E-state index < -0.39 is 29.6 Å². The summed E-state index contributed by atoms with van der Waals surface area (Å²) in [4.78, 5) is 20.8. The van der Waals surface area contributed by atoms with Crippen molar-refractivity contribution in [3.63, 3.8) is 0 Å². The van der Waals surface area contributed by atoms with Crippen LogP contribution in [0.4, 0.5) is 42.6 Å². The summed E-state index contributed by atoms with van der Waals surface area (Å²) in [6.07, 6.45) is -7.57. The number of rotatable bonds is 3. The quantitative estimate of drug-likeness (QED) is 0.708. The van der Waals surface area contributed by atoms with Crippen LogP contribution in [0.3, 0.4) is 0 Å². The second kappa shape index (κ2) is 8.36. The highest BCUT2D eigenvalue weighted by Gasteiger charge is 2.35. The van der Waals surface area contributed by atoms with E-state index in [0.29, 0.717) is 25.9 Å². The third-order valence-electron chi connectivity index (χ3n) is 4.58. The van der Waals surface area contributed by atoms with Crippen LogP contribution in [0.1, 0.15) is 24.1 Å². The Morgan fingerprint density at radius 2 is 1.67 bits per heavy atom. The third kappa shape index (κ3) is 5.30. The molecule has 1 saturated heterocycles. The number of benzene rings is 1. The van der Waals surface area contributed by atoms with Gasteiger partial charge in [-0.2, -0.15) is 26.3 Å². The Bertz CT molecular complexity index is 893. The Hall–Kier alpha value is -3.05. The summed E-state index contributed by atoms with van der Waals surface area (Å²) >= 11 is 0. The monoisotopic (exact) mass is 433 g/mol. The van der Waals surface area contributed by atoms with E-state index in [2.05, 4.69) is 20.6 Å². The number of para-hydroxylation sites is 1. The average molecular weight is 433 g/mol. The molecular weight excluding hydrogens is 416 g/mol. The minimum Gasteiger partial charge on any atom is -0.356 e. The highest BCUT2D eigenvalue weighted by atomic mass is 19.4. The fourth-order valence-corrected chi connectivity index (χ4v) is 3.11. The number of nitrogens with zero attached hydrogens (tertiary/aromatic N) is 3. The highest BCUT2D eigenvalue weighted by molar-refractivity contribution is 5.90. The van der Waals surface area contributed by atoms with Gasteiger partial charge < -0.3 is 15.5 Å². The molecule has 0 unspecified atom stereocenters. The van der Waals surface area contributed by atoms with Crippen molar-refractivity contribution in [2.24, 2.45) is 0 Å². The van der Waals surface area contributed by atoms with Gasteiger partial charge in [0.15, 0.2) is 0 Å². The Morgan fingerprint density at radius 1 is 1.00 bits per heavy atom. The molecule has 1 aliphatic rings. The Morgan fingerprint density at radius 3 is 2.30 bits per heavy atom. The van der Waals surface area contributed by atoms with Crippen LogP contribution in [-0.2, 0) is 12.4 Å². The first-order chi connectivity index (χ1) is 14.0. The maximum atomic E-state index is 13.0. The van der Waals surface area contributed by atoms with Gasteiger partial charge in [0, 0.05) is 25.2 Å². The fourth-order valence-electron chi connectivity index (χ4n) is 3.11. The molecule has 0 saturated carbocycles. The number of hydrogen-bond acceptors (Lipinski definition) is 4. The van der Waals surface area contributed by atoms with Crippen molar-refractivity contribution in [1.82, 2.24) is 15.3 Å². The molecule has 30 heavy (non-hydrogen) atoms. The normalized spacial score (nSPS) is 15.7. The minimum absolute atomic E-state index is 0.124. The van der Waals surface area contributed by atoms with E-state index in [1.807, 2.05) is 0 Å². The van der Waals surface area contributed by atoms with Crippen LogP contribution in [0, 0.1) is 0 Å². The molecule has 0 atom stereocenters. The molecule has 0 radical (unpaired) electrons. The SMILES string of the molecule is O=C(Nc1ccccc1C(F)(F)F)NC1CCN(c2cc(C(F)(F)F)ncn2)CC1. The van der Waals surface area contributed by atoms with Crippen LogP contribution in [0.2, 0.25) is 0 Å². The lowest BCUT2D eigenvalue weighted by Crippen LogP contribution is -2.46. The third-order valence-corrected chi connectivity index (χ3v) is 4.58. The molecule has 1 aromatic heterocycles. The molecule has 0 aliphatic carbocycles. The molecule has 0 spiro atoms. The molecule has 2 amide bonds. The summed E-state index contributed by atoms with van der Waals surface area (Å²) in [5.41, 5.74) is -2.37. The molecule has 1 aliphatic heterocycles. The standard InChI is InChI=1S/C18H17F6N5O/c19-17(20,21)12-3-1-2-4-13(12)28-16(30)27-11-5-7-29(8-6-11)15-9-14(18(22,23)24)25-10-26-15/h1-4,9-11H,5-8H2,(H2,27,28,30). The number of carbonyl (C=O) groups excluding carboxylic acids is 1. The summed E-state index contributed by atoms with van der Waals surface area (Å²) < 4.78 is 77.4. The molecule has 3 rings (SSSR count). The zero-order valence-electron chi connectivity index (χ0n) is 15.4. The van der Waals surface area contributed by atoms with Gasteiger partial charge in [0.2, 0.25) is 0 Å². The van der Waals surface area contributed by atoms with Crippen molar-refractivity contribution in [3.8, 4) is 0 Å². The van der Waals surface area contributed by atoms with Gasteiger partial charge in [-0.05, 0) is 25.0 Å². The van der Waals surface area contributed by atoms with Crippen LogP contribution in [0.5, 0.6) is 0 Å². The van der Waals surface area contributed by atoms with Gasteiger partial charge >= 0.3 is 18.4 Å². The Kier molecular flexibility index (Phi) is 6.04. The number of halogens is 6. The van der Waals surface area contributed by atoms with Crippen LogP contribution in [0.25, 0.3) is 0 Å².